The predicted molar refractivity (Wildman–Crippen MR) is 128 cm³/mol. The number of methoxy groups -OCH3 is 1. The van der Waals surface area contributed by atoms with Crippen molar-refractivity contribution in [2.75, 3.05) is 33.4 Å². The minimum atomic E-state index is -0.406. The van der Waals surface area contributed by atoms with Crippen molar-refractivity contribution in [3.63, 3.8) is 0 Å². The molecule has 3 aliphatic rings. The Morgan fingerprint density at radius 2 is 1.82 bits per heavy atom. The van der Waals surface area contributed by atoms with Gasteiger partial charge in [-0.3, -0.25) is 4.79 Å². The number of hydrogen-bond donors (Lipinski definition) is 3. The Morgan fingerprint density at radius 3 is 2.41 bits per heavy atom. The van der Waals surface area contributed by atoms with E-state index in [0.717, 1.165) is 38.5 Å². The molecule has 6 atom stereocenters. The summed E-state index contributed by atoms with van der Waals surface area (Å²) in [5.41, 5.74) is 5.96. The van der Waals surface area contributed by atoms with E-state index in [1.54, 1.807) is 7.11 Å². The summed E-state index contributed by atoms with van der Waals surface area (Å²) in [7, 11) is 1.68. The van der Waals surface area contributed by atoms with Crippen LogP contribution in [0.3, 0.4) is 0 Å². The van der Waals surface area contributed by atoms with Crippen molar-refractivity contribution in [3.8, 4) is 0 Å². The van der Waals surface area contributed by atoms with Crippen LogP contribution in [0, 0.1) is 5.92 Å². The number of alkyl carbamates (subject to hydrolysis) is 1. The normalized spacial score (nSPS) is 33.8. The van der Waals surface area contributed by atoms with Gasteiger partial charge in [-0.05, 0) is 52.9 Å². The molecule has 3 fully saturated rings. The molecule has 1 spiro atoms. The van der Waals surface area contributed by atoms with E-state index < -0.39 is 6.09 Å². The Balaban J connectivity index is 1.43. The van der Waals surface area contributed by atoms with Crippen LogP contribution in [0.1, 0.15) is 65.7 Å². The fourth-order valence-corrected chi connectivity index (χ4v) is 5.34. The van der Waals surface area contributed by atoms with Gasteiger partial charge >= 0.3 is 6.09 Å². The van der Waals surface area contributed by atoms with Crippen LogP contribution in [-0.4, -0.2) is 74.9 Å². The highest BCUT2D eigenvalue weighted by Gasteiger charge is 2.72. The molecule has 2 saturated heterocycles. The summed E-state index contributed by atoms with van der Waals surface area (Å²) in [5.74, 6) is -0.111. The number of ether oxygens (including phenoxy) is 4. The predicted octanol–water partition coefficient (Wildman–Crippen LogP) is 2.42. The molecule has 0 aromatic rings. The summed E-state index contributed by atoms with van der Waals surface area (Å²) in [6.07, 6.45) is 7.44. The lowest BCUT2D eigenvalue weighted by Crippen LogP contribution is -2.56. The lowest BCUT2D eigenvalue weighted by molar-refractivity contribution is -0.119. The molecule has 1 aliphatic carbocycles. The summed E-state index contributed by atoms with van der Waals surface area (Å²) >= 11 is 0. The van der Waals surface area contributed by atoms with Gasteiger partial charge in [-0.2, -0.15) is 0 Å². The third-order valence-electron chi connectivity index (χ3n) is 7.38. The zero-order valence-electron chi connectivity index (χ0n) is 21.2. The second-order valence-electron chi connectivity index (χ2n) is 10.2. The highest BCUT2D eigenvalue weighted by atomic mass is 16.6. The average Bonchev–Trinajstić information content (AvgIpc) is 3.72. The summed E-state index contributed by atoms with van der Waals surface area (Å²) in [6, 6.07) is 0. The number of amides is 2. The van der Waals surface area contributed by atoms with E-state index in [9.17, 15) is 9.59 Å². The van der Waals surface area contributed by atoms with Gasteiger partial charge in [0.05, 0.1) is 25.2 Å². The van der Waals surface area contributed by atoms with E-state index in [4.69, 9.17) is 24.7 Å². The van der Waals surface area contributed by atoms with E-state index >= 15 is 0 Å². The van der Waals surface area contributed by atoms with Crippen LogP contribution in [0.25, 0.3) is 0 Å². The van der Waals surface area contributed by atoms with Gasteiger partial charge in [0.1, 0.15) is 23.4 Å². The smallest absolute Gasteiger partial charge is 0.407 e. The highest BCUT2D eigenvalue weighted by Crippen LogP contribution is 2.59. The first-order valence-electron chi connectivity index (χ1n) is 12.6. The zero-order chi connectivity index (χ0) is 24.8. The van der Waals surface area contributed by atoms with Gasteiger partial charge in [0.2, 0.25) is 5.91 Å². The zero-order valence-corrected chi connectivity index (χ0v) is 21.2. The topological polar surface area (TPSA) is 128 Å². The average molecular weight is 482 g/mol. The number of nitrogens with one attached hydrogen (secondary N) is 2. The minimum Gasteiger partial charge on any atom is -0.443 e. The van der Waals surface area contributed by atoms with Crippen molar-refractivity contribution >= 4 is 12.0 Å². The number of carbonyl (C=O) groups is 2. The molecule has 2 aliphatic heterocycles. The van der Waals surface area contributed by atoms with Crippen LogP contribution in [0.4, 0.5) is 4.79 Å². The Morgan fingerprint density at radius 1 is 1.15 bits per heavy atom. The van der Waals surface area contributed by atoms with Gasteiger partial charge in [0.25, 0.3) is 0 Å². The number of rotatable bonds is 13. The van der Waals surface area contributed by atoms with Gasteiger partial charge < -0.3 is 35.3 Å². The second kappa shape index (κ2) is 11.8. The fourth-order valence-electron chi connectivity index (χ4n) is 5.34. The maximum atomic E-state index is 12.5. The number of hydrogen-bond acceptors (Lipinski definition) is 7. The third kappa shape index (κ3) is 6.71. The maximum Gasteiger partial charge on any atom is 0.407 e. The molecule has 194 valence electrons. The van der Waals surface area contributed by atoms with E-state index in [1.165, 1.54) is 5.57 Å². The molecule has 0 radical (unpaired) electrons. The van der Waals surface area contributed by atoms with Crippen molar-refractivity contribution in [1.29, 1.82) is 0 Å². The number of allylic oxidation sites excluding steroid dienone is 1. The van der Waals surface area contributed by atoms with Crippen LogP contribution < -0.4 is 16.4 Å². The molecule has 9 nitrogen and oxygen atoms in total. The van der Waals surface area contributed by atoms with Crippen LogP contribution in [0.15, 0.2) is 11.6 Å². The Bertz CT molecular complexity index is 736. The maximum absolute atomic E-state index is 12.5. The first-order chi connectivity index (χ1) is 16.3. The molecule has 4 N–H and O–H groups in total. The van der Waals surface area contributed by atoms with Crippen molar-refractivity contribution in [2.45, 2.75) is 95.2 Å². The SMILES string of the molecule is COC1C(OC(=O)NCCCCCCNC(=O)CN)CC[C@]2(CO2)C1C1(C)O[C@@H]1CC=C(C)C. The third-order valence-corrected chi connectivity index (χ3v) is 7.38. The summed E-state index contributed by atoms with van der Waals surface area (Å²) in [6.45, 7) is 8.25. The molecule has 0 aromatic carbocycles. The molecule has 3 rings (SSSR count). The van der Waals surface area contributed by atoms with Crippen LogP contribution in [-0.2, 0) is 23.7 Å². The van der Waals surface area contributed by atoms with Gasteiger partial charge in [-0.25, -0.2) is 4.79 Å². The first kappa shape index (κ1) is 26.9. The fraction of sp³-hybridized carbons (Fsp3) is 0.840. The lowest BCUT2D eigenvalue weighted by Gasteiger charge is -2.42. The monoisotopic (exact) mass is 481 g/mol. The van der Waals surface area contributed by atoms with Crippen LogP contribution in [0.2, 0.25) is 0 Å². The van der Waals surface area contributed by atoms with Crippen LogP contribution >= 0.6 is 0 Å². The minimum absolute atomic E-state index is 0.0203. The molecule has 0 aromatic heterocycles. The summed E-state index contributed by atoms with van der Waals surface area (Å²) in [5, 5.41) is 5.62. The molecule has 4 unspecified atom stereocenters. The van der Waals surface area contributed by atoms with Crippen molar-refractivity contribution in [1.82, 2.24) is 10.6 Å². The number of unbranched alkanes of at least 4 members (excludes halogenated alkanes) is 3. The largest absolute Gasteiger partial charge is 0.443 e. The van der Waals surface area contributed by atoms with Crippen molar-refractivity contribution in [2.24, 2.45) is 11.7 Å². The van der Waals surface area contributed by atoms with Gasteiger partial charge in [-0.15, -0.1) is 0 Å². The van der Waals surface area contributed by atoms with E-state index in [-0.39, 0.29) is 47.9 Å². The Kier molecular flexibility index (Phi) is 9.37. The Labute approximate surface area is 203 Å². The second-order valence-corrected chi connectivity index (χ2v) is 10.2. The number of nitrogens with two attached hydrogens (primary N) is 1. The van der Waals surface area contributed by atoms with Gasteiger partial charge in [0.15, 0.2) is 0 Å². The van der Waals surface area contributed by atoms with Crippen LogP contribution in [0.5, 0.6) is 0 Å². The highest BCUT2D eigenvalue weighted by molar-refractivity contribution is 5.77. The Hall–Kier alpha value is -1.68. The van der Waals surface area contributed by atoms with Crippen molar-refractivity contribution < 1.29 is 28.5 Å². The molecule has 34 heavy (non-hydrogen) atoms. The molecular weight excluding hydrogens is 438 g/mol. The van der Waals surface area contributed by atoms with E-state index in [1.807, 2.05) is 0 Å². The first-order valence-corrected chi connectivity index (χ1v) is 12.6. The molecule has 9 heteroatoms. The number of epoxide rings is 2. The molecule has 1 saturated carbocycles. The van der Waals surface area contributed by atoms with Gasteiger partial charge in [-0.1, -0.05) is 24.5 Å². The molecule has 2 amide bonds. The van der Waals surface area contributed by atoms with Crippen molar-refractivity contribution in [3.05, 3.63) is 11.6 Å². The lowest BCUT2D eigenvalue weighted by atomic mass is 9.68. The summed E-state index contributed by atoms with van der Waals surface area (Å²) in [4.78, 5) is 23.6. The number of carbonyl (C=O) groups excluding carboxylic acids is 2. The quantitative estimate of drug-likeness (QED) is 0.209. The standard InChI is InChI=1S/C25H43N3O6/c1-17(2)9-10-19-24(3,34-19)22-21(31-4)18(11-12-25(22)16-32-25)33-23(30)28-14-8-6-5-7-13-27-20(29)15-26/h9,18-19,21-22H,5-8,10-16,26H2,1-4H3,(H,27,29)(H,28,30)/t18?,19-,21?,22?,24?,25+/m1/s1. The summed E-state index contributed by atoms with van der Waals surface area (Å²) < 4.78 is 23.9. The van der Waals surface area contributed by atoms with Gasteiger partial charge in [0, 0.05) is 20.2 Å². The van der Waals surface area contributed by atoms with E-state index in [2.05, 4.69) is 37.5 Å². The molecule has 2 heterocycles. The molecule has 0 bridgehead atoms. The van der Waals surface area contributed by atoms with E-state index in [0.29, 0.717) is 26.1 Å². The molecular formula is C25H43N3O6.